The van der Waals surface area contributed by atoms with Gasteiger partial charge in [0.2, 0.25) is 0 Å². The second-order valence-electron chi connectivity index (χ2n) is 3.16. The minimum atomic E-state index is -0.980. The summed E-state index contributed by atoms with van der Waals surface area (Å²) in [5.74, 6) is 0.334. The number of nitrogens with zero attached hydrogens (tertiary/aromatic N) is 2. The van der Waals surface area contributed by atoms with Crippen molar-refractivity contribution in [2.24, 2.45) is 0 Å². The van der Waals surface area contributed by atoms with Crippen LogP contribution in [0.15, 0.2) is 17.7 Å². The molecule has 16 heavy (non-hydrogen) atoms. The van der Waals surface area contributed by atoms with Crippen molar-refractivity contribution in [3.05, 3.63) is 29.7 Å². The maximum atomic E-state index is 11.1. The van der Waals surface area contributed by atoms with E-state index in [0.29, 0.717) is 28.7 Å². The number of aromatic nitrogens is 2. The van der Waals surface area contributed by atoms with Crippen LogP contribution >= 0.6 is 11.8 Å². The van der Waals surface area contributed by atoms with Crippen molar-refractivity contribution in [1.82, 2.24) is 9.97 Å². The molecule has 1 aromatic rings. The number of carbonyl (C=O) groups is 1. The Hall–Kier alpha value is -1.36. The minimum Gasteiger partial charge on any atom is -0.478 e. The molecule has 0 spiro atoms. The molecule has 1 rings (SSSR count). The molecule has 0 fully saturated rings. The minimum absolute atomic E-state index is 0.198. The van der Waals surface area contributed by atoms with E-state index in [9.17, 15) is 4.79 Å². The first-order chi connectivity index (χ1) is 7.60. The van der Waals surface area contributed by atoms with E-state index in [1.54, 1.807) is 13.0 Å². The monoisotopic (exact) mass is 238 g/mol. The van der Waals surface area contributed by atoms with Crippen LogP contribution < -0.4 is 0 Å². The number of carboxylic acids is 1. The van der Waals surface area contributed by atoms with Crippen molar-refractivity contribution in [1.29, 1.82) is 0 Å². The zero-order chi connectivity index (χ0) is 12.1. The van der Waals surface area contributed by atoms with Gasteiger partial charge in [-0.2, -0.15) is 0 Å². The molecular weight excluding hydrogens is 224 g/mol. The topological polar surface area (TPSA) is 63.1 Å². The third-order valence-electron chi connectivity index (χ3n) is 1.97. The van der Waals surface area contributed by atoms with Crippen LogP contribution in [0, 0.1) is 6.92 Å². The van der Waals surface area contributed by atoms with Gasteiger partial charge in [-0.15, -0.1) is 18.3 Å². The summed E-state index contributed by atoms with van der Waals surface area (Å²) >= 11 is 1.37. The van der Waals surface area contributed by atoms with E-state index >= 15 is 0 Å². The van der Waals surface area contributed by atoms with Crippen LogP contribution in [-0.4, -0.2) is 26.8 Å². The van der Waals surface area contributed by atoms with Crippen molar-refractivity contribution in [3.63, 3.8) is 0 Å². The summed E-state index contributed by atoms with van der Waals surface area (Å²) in [4.78, 5) is 19.5. The normalized spacial score (nSPS) is 10.1. The van der Waals surface area contributed by atoms with Crippen LogP contribution in [0.3, 0.4) is 0 Å². The summed E-state index contributed by atoms with van der Waals surface area (Å²) in [7, 11) is 0. The SMILES string of the molecule is C=CCSc1nc(CC)nc(C)c1C(=O)O. The Bertz CT molecular complexity index is 419. The Labute approximate surface area is 98.8 Å². The van der Waals surface area contributed by atoms with E-state index in [2.05, 4.69) is 16.5 Å². The maximum Gasteiger partial charge on any atom is 0.340 e. The molecule has 1 aromatic heterocycles. The van der Waals surface area contributed by atoms with Gasteiger partial charge in [-0.1, -0.05) is 13.0 Å². The molecular formula is C11H14N2O2S. The lowest BCUT2D eigenvalue weighted by Crippen LogP contribution is -2.09. The molecule has 4 nitrogen and oxygen atoms in total. The quantitative estimate of drug-likeness (QED) is 0.484. The first-order valence-corrected chi connectivity index (χ1v) is 5.93. The number of hydrogen-bond acceptors (Lipinski definition) is 4. The van der Waals surface area contributed by atoms with Gasteiger partial charge >= 0.3 is 5.97 Å². The highest BCUT2D eigenvalue weighted by Gasteiger charge is 2.17. The van der Waals surface area contributed by atoms with Crippen molar-refractivity contribution in [2.45, 2.75) is 25.3 Å². The molecule has 86 valence electrons. The van der Waals surface area contributed by atoms with Gasteiger partial charge in [0.15, 0.2) is 0 Å². The van der Waals surface area contributed by atoms with Gasteiger partial charge in [-0.3, -0.25) is 0 Å². The number of aromatic carboxylic acids is 1. The van der Waals surface area contributed by atoms with Gasteiger partial charge in [-0.25, -0.2) is 14.8 Å². The fourth-order valence-electron chi connectivity index (χ4n) is 1.25. The third-order valence-corrected chi connectivity index (χ3v) is 2.94. The zero-order valence-corrected chi connectivity index (χ0v) is 10.2. The van der Waals surface area contributed by atoms with Crippen molar-refractivity contribution < 1.29 is 9.90 Å². The third kappa shape index (κ3) is 2.82. The molecule has 0 aliphatic heterocycles. The fraction of sp³-hybridized carbons (Fsp3) is 0.364. The average Bonchev–Trinajstić information content (AvgIpc) is 2.24. The van der Waals surface area contributed by atoms with Crippen LogP contribution in [0.5, 0.6) is 0 Å². The highest BCUT2D eigenvalue weighted by molar-refractivity contribution is 7.99. The average molecular weight is 238 g/mol. The van der Waals surface area contributed by atoms with Gasteiger partial charge in [0.05, 0.1) is 5.69 Å². The van der Waals surface area contributed by atoms with Crippen molar-refractivity contribution >= 4 is 17.7 Å². The predicted molar refractivity (Wildman–Crippen MR) is 64.0 cm³/mol. The van der Waals surface area contributed by atoms with Gasteiger partial charge in [0.1, 0.15) is 16.4 Å². The maximum absolute atomic E-state index is 11.1. The number of aryl methyl sites for hydroxylation is 2. The first-order valence-electron chi connectivity index (χ1n) is 4.94. The molecule has 0 bridgehead atoms. The largest absolute Gasteiger partial charge is 0.478 e. The standard InChI is InChI=1S/C11H14N2O2S/c1-4-6-16-10-9(11(14)15)7(3)12-8(5-2)13-10/h4H,1,5-6H2,2-3H3,(H,14,15). The Kier molecular flexibility index (Phi) is 4.49. The van der Waals surface area contributed by atoms with Gasteiger partial charge in [0, 0.05) is 12.2 Å². The molecule has 0 atom stereocenters. The number of carboxylic acid groups (broad SMARTS) is 1. The molecule has 0 saturated heterocycles. The van der Waals surface area contributed by atoms with E-state index in [4.69, 9.17) is 5.11 Å². The molecule has 1 heterocycles. The van der Waals surface area contributed by atoms with E-state index in [0.717, 1.165) is 0 Å². The van der Waals surface area contributed by atoms with Crippen LogP contribution in [0.25, 0.3) is 0 Å². The molecule has 0 aliphatic carbocycles. The van der Waals surface area contributed by atoms with Gasteiger partial charge in [-0.05, 0) is 6.92 Å². The summed E-state index contributed by atoms with van der Waals surface area (Å²) in [5.41, 5.74) is 0.718. The van der Waals surface area contributed by atoms with Gasteiger partial charge < -0.3 is 5.11 Å². The van der Waals surface area contributed by atoms with Crippen molar-refractivity contribution in [3.8, 4) is 0 Å². The fourth-order valence-corrected chi connectivity index (χ4v) is 2.07. The lowest BCUT2D eigenvalue weighted by molar-refractivity contribution is 0.0690. The van der Waals surface area contributed by atoms with Crippen LogP contribution in [-0.2, 0) is 6.42 Å². The van der Waals surface area contributed by atoms with Crippen LogP contribution in [0.1, 0.15) is 28.8 Å². The van der Waals surface area contributed by atoms with E-state index in [1.165, 1.54) is 11.8 Å². The summed E-state index contributed by atoms with van der Waals surface area (Å²) < 4.78 is 0. The molecule has 0 aliphatic rings. The predicted octanol–water partition coefficient (Wildman–Crippen LogP) is 2.32. The number of hydrogen-bond donors (Lipinski definition) is 1. The summed E-state index contributed by atoms with van der Waals surface area (Å²) in [6.45, 7) is 7.24. The van der Waals surface area contributed by atoms with E-state index < -0.39 is 5.97 Å². The van der Waals surface area contributed by atoms with Gasteiger partial charge in [0.25, 0.3) is 0 Å². The molecule has 0 unspecified atom stereocenters. The summed E-state index contributed by atoms with van der Waals surface area (Å²) in [6, 6.07) is 0. The van der Waals surface area contributed by atoms with E-state index in [1.807, 2.05) is 6.92 Å². The zero-order valence-electron chi connectivity index (χ0n) is 9.36. The molecule has 0 saturated carbocycles. The molecule has 1 N–H and O–H groups in total. The second kappa shape index (κ2) is 5.65. The smallest absolute Gasteiger partial charge is 0.340 e. The molecule has 5 heteroatoms. The lowest BCUT2D eigenvalue weighted by Gasteiger charge is -2.08. The molecule has 0 amide bonds. The Morgan fingerprint density at radius 2 is 2.25 bits per heavy atom. The van der Waals surface area contributed by atoms with Crippen molar-refractivity contribution in [2.75, 3.05) is 5.75 Å². The first kappa shape index (κ1) is 12.7. The Morgan fingerprint density at radius 1 is 1.56 bits per heavy atom. The Morgan fingerprint density at radius 3 is 2.75 bits per heavy atom. The van der Waals surface area contributed by atoms with Crippen LogP contribution in [0.2, 0.25) is 0 Å². The highest BCUT2D eigenvalue weighted by Crippen LogP contribution is 2.22. The number of rotatable bonds is 5. The molecule has 0 aromatic carbocycles. The highest BCUT2D eigenvalue weighted by atomic mass is 32.2. The number of thioether (sulfide) groups is 1. The van der Waals surface area contributed by atoms with E-state index in [-0.39, 0.29) is 5.56 Å². The molecule has 0 radical (unpaired) electrons. The second-order valence-corrected chi connectivity index (χ2v) is 4.17. The van der Waals surface area contributed by atoms with Crippen LogP contribution in [0.4, 0.5) is 0 Å². The summed E-state index contributed by atoms with van der Waals surface area (Å²) in [6.07, 6.45) is 2.42. The summed E-state index contributed by atoms with van der Waals surface area (Å²) in [5, 5.41) is 9.62. The Balaban J connectivity index is 3.22. The lowest BCUT2D eigenvalue weighted by atomic mass is 10.2.